The molecule has 7 heteroatoms. The third kappa shape index (κ3) is 3.24. The Kier molecular flexibility index (Phi) is 4.52. The van der Waals surface area contributed by atoms with Crippen molar-refractivity contribution in [1.29, 1.82) is 0 Å². The lowest BCUT2D eigenvalue weighted by Crippen LogP contribution is -2.24. The summed E-state index contributed by atoms with van der Waals surface area (Å²) in [6.07, 6.45) is 0.905. The summed E-state index contributed by atoms with van der Waals surface area (Å²) in [5.74, 6) is -0.227. The Bertz CT molecular complexity index is 512. The first-order valence-corrected chi connectivity index (χ1v) is 6.65. The van der Waals surface area contributed by atoms with Crippen molar-refractivity contribution in [2.24, 2.45) is 0 Å². The molecule has 0 aromatic heterocycles. The molecule has 1 saturated heterocycles. The van der Waals surface area contributed by atoms with E-state index in [1.165, 1.54) is 12.1 Å². The number of nitrogens with zero attached hydrogens (tertiary/aromatic N) is 1. The van der Waals surface area contributed by atoms with Gasteiger partial charge in [-0.1, -0.05) is 0 Å². The molecule has 0 bridgehead atoms. The molecule has 7 nitrogen and oxygen atoms in total. The van der Waals surface area contributed by atoms with E-state index in [9.17, 15) is 14.9 Å². The predicted octanol–water partition coefficient (Wildman–Crippen LogP) is 1.12. The molecular formula is C13H18N4O3. The number of nitrogens with one attached hydrogen (secondary N) is 3. The lowest BCUT2D eigenvalue weighted by Gasteiger charge is -2.14. The molecule has 1 aliphatic rings. The summed E-state index contributed by atoms with van der Waals surface area (Å²) in [6.45, 7) is 4.00. The Labute approximate surface area is 116 Å². The van der Waals surface area contributed by atoms with Gasteiger partial charge in [-0.3, -0.25) is 14.9 Å². The minimum absolute atomic E-state index is 0.00931. The van der Waals surface area contributed by atoms with Gasteiger partial charge in [0.1, 0.15) is 5.69 Å². The fourth-order valence-corrected chi connectivity index (χ4v) is 2.21. The Hall–Kier alpha value is -2.15. The number of nitro groups is 1. The number of carbonyl (C=O) groups excluding carboxylic acids is 1. The summed E-state index contributed by atoms with van der Waals surface area (Å²) < 4.78 is 0. The second-order valence-corrected chi connectivity index (χ2v) is 4.68. The van der Waals surface area contributed by atoms with Crippen molar-refractivity contribution in [3.05, 3.63) is 33.9 Å². The molecule has 0 radical (unpaired) electrons. The molecule has 1 aromatic rings. The van der Waals surface area contributed by atoms with E-state index >= 15 is 0 Å². The van der Waals surface area contributed by atoms with Gasteiger partial charge >= 0.3 is 0 Å². The summed E-state index contributed by atoms with van der Waals surface area (Å²) in [4.78, 5) is 22.4. The number of carbonyl (C=O) groups is 1. The molecule has 1 fully saturated rings. The highest BCUT2D eigenvalue weighted by atomic mass is 16.6. The molecule has 1 amide bonds. The van der Waals surface area contributed by atoms with Crippen molar-refractivity contribution in [1.82, 2.24) is 10.6 Å². The lowest BCUT2D eigenvalue weighted by atomic mass is 10.1. The number of hydrogen-bond donors (Lipinski definition) is 3. The van der Waals surface area contributed by atoms with E-state index in [0.29, 0.717) is 17.8 Å². The van der Waals surface area contributed by atoms with Gasteiger partial charge in [-0.25, -0.2) is 0 Å². The topological polar surface area (TPSA) is 96.3 Å². The molecule has 0 aliphatic carbocycles. The highest BCUT2D eigenvalue weighted by Crippen LogP contribution is 2.27. The third-order valence-corrected chi connectivity index (χ3v) is 3.21. The zero-order valence-corrected chi connectivity index (χ0v) is 11.3. The van der Waals surface area contributed by atoms with E-state index in [0.717, 1.165) is 19.5 Å². The van der Waals surface area contributed by atoms with E-state index in [-0.39, 0.29) is 17.6 Å². The number of amides is 1. The summed E-state index contributed by atoms with van der Waals surface area (Å²) >= 11 is 0. The van der Waals surface area contributed by atoms with E-state index in [1.807, 2.05) is 6.92 Å². The van der Waals surface area contributed by atoms with Crippen molar-refractivity contribution in [3.8, 4) is 0 Å². The molecule has 0 saturated carbocycles. The van der Waals surface area contributed by atoms with Crippen LogP contribution in [0.5, 0.6) is 0 Å². The first-order valence-electron chi connectivity index (χ1n) is 6.65. The van der Waals surface area contributed by atoms with Crippen LogP contribution in [0.3, 0.4) is 0 Å². The SMILES string of the molecule is CCNC(=O)c1ccc([N+](=O)[O-])c(NC2CCNC2)c1. The van der Waals surface area contributed by atoms with Crippen LogP contribution in [0.15, 0.2) is 18.2 Å². The van der Waals surface area contributed by atoms with Gasteiger partial charge in [0, 0.05) is 30.8 Å². The van der Waals surface area contributed by atoms with Gasteiger partial charge in [0.05, 0.1) is 4.92 Å². The van der Waals surface area contributed by atoms with Crippen molar-refractivity contribution in [2.75, 3.05) is 25.0 Å². The molecular weight excluding hydrogens is 260 g/mol. The van der Waals surface area contributed by atoms with E-state index in [2.05, 4.69) is 16.0 Å². The van der Waals surface area contributed by atoms with E-state index in [1.54, 1.807) is 6.07 Å². The molecule has 20 heavy (non-hydrogen) atoms. The number of benzene rings is 1. The second-order valence-electron chi connectivity index (χ2n) is 4.68. The predicted molar refractivity (Wildman–Crippen MR) is 76.0 cm³/mol. The van der Waals surface area contributed by atoms with Gasteiger partial charge in [0.2, 0.25) is 0 Å². The molecule has 1 unspecified atom stereocenters. The maximum atomic E-state index is 11.8. The maximum Gasteiger partial charge on any atom is 0.292 e. The Balaban J connectivity index is 2.26. The highest BCUT2D eigenvalue weighted by Gasteiger charge is 2.21. The molecule has 108 valence electrons. The zero-order valence-electron chi connectivity index (χ0n) is 11.3. The van der Waals surface area contributed by atoms with Gasteiger partial charge in [-0.05, 0) is 32.0 Å². The Morgan fingerprint density at radius 3 is 2.95 bits per heavy atom. The van der Waals surface area contributed by atoms with Gasteiger partial charge < -0.3 is 16.0 Å². The van der Waals surface area contributed by atoms with Crippen LogP contribution in [-0.4, -0.2) is 36.5 Å². The first kappa shape index (κ1) is 14.3. The zero-order chi connectivity index (χ0) is 14.5. The van der Waals surface area contributed by atoms with Crippen LogP contribution < -0.4 is 16.0 Å². The third-order valence-electron chi connectivity index (χ3n) is 3.21. The van der Waals surface area contributed by atoms with Crippen LogP contribution in [-0.2, 0) is 0 Å². The van der Waals surface area contributed by atoms with Gasteiger partial charge in [-0.2, -0.15) is 0 Å². The van der Waals surface area contributed by atoms with Crippen molar-refractivity contribution < 1.29 is 9.72 Å². The summed E-state index contributed by atoms with van der Waals surface area (Å²) in [6, 6.07) is 4.54. The smallest absolute Gasteiger partial charge is 0.292 e. The highest BCUT2D eigenvalue weighted by molar-refractivity contribution is 5.95. The summed E-state index contributed by atoms with van der Waals surface area (Å²) in [7, 11) is 0. The number of rotatable bonds is 5. The lowest BCUT2D eigenvalue weighted by molar-refractivity contribution is -0.384. The molecule has 1 aliphatic heterocycles. The van der Waals surface area contributed by atoms with Gasteiger partial charge in [-0.15, -0.1) is 0 Å². The molecule has 2 rings (SSSR count). The maximum absolute atomic E-state index is 11.8. The minimum Gasteiger partial charge on any atom is -0.375 e. The van der Waals surface area contributed by atoms with Crippen LogP contribution in [0.2, 0.25) is 0 Å². The van der Waals surface area contributed by atoms with Gasteiger partial charge in [0.15, 0.2) is 0 Å². The van der Waals surface area contributed by atoms with Crippen LogP contribution in [0.1, 0.15) is 23.7 Å². The normalized spacial score (nSPS) is 17.8. The number of anilines is 1. The fraction of sp³-hybridized carbons (Fsp3) is 0.462. The largest absolute Gasteiger partial charge is 0.375 e. The Morgan fingerprint density at radius 1 is 1.55 bits per heavy atom. The van der Waals surface area contributed by atoms with Crippen LogP contribution in [0.4, 0.5) is 11.4 Å². The van der Waals surface area contributed by atoms with E-state index in [4.69, 9.17) is 0 Å². The summed E-state index contributed by atoms with van der Waals surface area (Å²) in [5.41, 5.74) is 0.809. The average Bonchev–Trinajstić information content (AvgIpc) is 2.91. The van der Waals surface area contributed by atoms with Crippen LogP contribution in [0, 0.1) is 10.1 Å². The summed E-state index contributed by atoms with van der Waals surface area (Å²) in [5, 5.41) is 20.1. The molecule has 1 heterocycles. The Morgan fingerprint density at radius 2 is 2.35 bits per heavy atom. The quantitative estimate of drug-likeness (QED) is 0.554. The van der Waals surface area contributed by atoms with Crippen molar-refractivity contribution in [2.45, 2.75) is 19.4 Å². The van der Waals surface area contributed by atoms with Crippen LogP contribution >= 0.6 is 0 Å². The van der Waals surface area contributed by atoms with Gasteiger partial charge in [0.25, 0.3) is 11.6 Å². The molecule has 0 spiro atoms. The number of hydrogen-bond acceptors (Lipinski definition) is 5. The first-order chi connectivity index (χ1) is 9.61. The van der Waals surface area contributed by atoms with Crippen LogP contribution in [0.25, 0.3) is 0 Å². The second kappa shape index (κ2) is 6.33. The van der Waals surface area contributed by atoms with Crippen molar-refractivity contribution >= 4 is 17.3 Å². The molecule has 3 N–H and O–H groups in total. The monoisotopic (exact) mass is 278 g/mol. The van der Waals surface area contributed by atoms with Crippen molar-refractivity contribution in [3.63, 3.8) is 0 Å². The van der Waals surface area contributed by atoms with E-state index < -0.39 is 4.92 Å². The standard InChI is InChI=1S/C13H18N4O3/c1-2-15-13(18)9-3-4-12(17(19)20)11(7-9)16-10-5-6-14-8-10/h3-4,7,10,14,16H,2,5-6,8H2,1H3,(H,15,18). The minimum atomic E-state index is -0.438. The fourth-order valence-electron chi connectivity index (χ4n) is 2.21. The average molecular weight is 278 g/mol. The molecule has 1 atom stereocenters. The number of nitro benzene ring substituents is 1. The molecule has 1 aromatic carbocycles.